The molecule has 4 aromatic carbocycles. The largest absolute Gasteiger partial charge is 0.497 e. The van der Waals surface area contributed by atoms with Crippen molar-refractivity contribution in [3.8, 4) is 40.0 Å². The van der Waals surface area contributed by atoms with Crippen LogP contribution in [0.3, 0.4) is 0 Å². The van der Waals surface area contributed by atoms with Gasteiger partial charge < -0.3 is 19.5 Å². The highest BCUT2D eigenvalue weighted by atomic mass is 35.5. The maximum atomic E-state index is 13.1. The van der Waals surface area contributed by atoms with E-state index >= 15 is 0 Å². The van der Waals surface area contributed by atoms with Crippen molar-refractivity contribution in [1.29, 1.82) is 0 Å². The Kier molecular flexibility index (Phi) is 11.3. The summed E-state index contributed by atoms with van der Waals surface area (Å²) in [5.41, 5.74) is 2.35. The van der Waals surface area contributed by atoms with Gasteiger partial charge in [0.2, 0.25) is 0 Å². The van der Waals surface area contributed by atoms with Crippen LogP contribution in [-0.2, 0) is 18.9 Å². The fourth-order valence-corrected chi connectivity index (χ4v) is 6.05. The molecule has 12 nitrogen and oxygen atoms in total. The number of H-pyrrole nitrogens is 1. The Hall–Kier alpha value is -6.95. The van der Waals surface area contributed by atoms with E-state index in [2.05, 4.69) is 40.5 Å². The molecule has 0 fully saturated rings. The molecule has 4 heterocycles. The van der Waals surface area contributed by atoms with Crippen LogP contribution in [0.1, 0.15) is 16.7 Å². The molecule has 0 spiro atoms. The first-order valence-electron chi connectivity index (χ1n) is 17.3. The molecule has 8 aromatic rings. The minimum absolute atomic E-state index is 0.0795. The Morgan fingerprint density at radius 1 is 0.695 bits per heavy atom. The molecular formula is C40H30ClF6N9O3. The number of rotatable bonds is 9. The molecule has 0 saturated heterocycles. The van der Waals surface area contributed by atoms with Crippen LogP contribution >= 0.6 is 11.6 Å². The lowest BCUT2D eigenvalue weighted by Crippen LogP contribution is -2.05. The van der Waals surface area contributed by atoms with Gasteiger partial charge in [0.25, 0.3) is 0 Å². The smallest absolute Gasteiger partial charge is 0.416 e. The Morgan fingerprint density at radius 2 is 1.32 bits per heavy atom. The van der Waals surface area contributed by atoms with Crippen LogP contribution in [0.2, 0.25) is 5.15 Å². The lowest BCUT2D eigenvalue weighted by Gasteiger charge is -2.12. The summed E-state index contributed by atoms with van der Waals surface area (Å²) in [6.45, 7) is 0.468. The summed E-state index contributed by atoms with van der Waals surface area (Å²) in [4.78, 5) is 17.2. The highest BCUT2D eigenvalue weighted by Crippen LogP contribution is 2.35. The van der Waals surface area contributed by atoms with E-state index in [0.29, 0.717) is 51.6 Å². The number of aromatic nitrogens is 8. The second kappa shape index (κ2) is 16.5. The zero-order valence-corrected chi connectivity index (χ0v) is 31.8. The van der Waals surface area contributed by atoms with Gasteiger partial charge in [0.15, 0.2) is 34.1 Å². The second-order valence-electron chi connectivity index (χ2n) is 12.6. The molecule has 0 radical (unpaired) electrons. The second-order valence-corrected chi connectivity index (χ2v) is 13.0. The summed E-state index contributed by atoms with van der Waals surface area (Å²) >= 11 is 6.23. The van der Waals surface area contributed by atoms with Crippen molar-refractivity contribution >= 4 is 45.2 Å². The van der Waals surface area contributed by atoms with Gasteiger partial charge in [0, 0.05) is 22.9 Å². The quantitative estimate of drug-likeness (QED) is 0.107. The van der Waals surface area contributed by atoms with E-state index in [4.69, 9.17) is 25.8 Å². The number of aromatic amines is 1. The molecule has 0 aliphatic carbocycles. The molecule has 2 N–H and O–H groups in total. The first-order valence-corrected chi connectivity index (χ1v) is 17.7. The van der Waals surface area contributed by atoms with Crippen molar-refractivity contribution in [2.24, 2.45) is 0 Å². The van der Waals surface area contributed by atoms with Crippen LogP contribution in [0.25, 0.3) is 44.8 Å². The van der Waals surface area contributed by atoms with E-state index in [-0.39, 0.29) is 27.9 Å². The number of hydrogen-bond donors (Lipinski definition) is 2. The van der Waals surface area contributed by atoms with Crippen molar-refractivity contribution < 1.29 is 40.6 Å². The molecule has 0 saturated carbocycles. The lowest BCUT2D eigenvalue weighted by molar-refractivity contribution is -0.138. The van der Waals surface area contributed by atoms with E-state index in [1.54, 1.807) is 36.2 Å². The molecule has 0 aliphatic rings. The van der Waals surface area contributed by atoms with Crippen molar-refractivity contribution in [2.75, 3.05) is 26.6 Å². The molecule has 0 unspecified atom stereocenters. The summed E-state index contributed by atoms with van der Waals surface area (Å²) in [7, 11) is 4.65. The number of nitrogens with zero attached hydrogens (tertiary/aromatic N) is 7. The van der Waals surface area contributed by atoms with Gasteiger partial charge in [0.05, 0.1) is 51.4 Å². The number of fused-ring (bicyclic) bond motifs is 2. The van der Waals surface area contributed by atoms with Crippen molar-refractivity contribution in [1.82, 2.24) is 39.9 Å². The van der Waals surface area contributed by atoms with Crippen LogP contribution in [0.15, 0.2) is 103 Å². The number of anilines is 2. The Bertz CT molecular complexity index is 2760. The Labute approximate surface area is 335 Å². The Balaban J connectivity index is 0.000000179. The Morgan fingerprint density at radius 3 is 1.93 bits per heavy atom. The number of hydrogen-bond acceptors (Lipinski definition) is 10. The third kappa shape index (κ3) is 9.12. The average Bonchev–Trinajstić information content (AvgIpc) is 3.88. The third-order valence-corrected chi connectivity index (χ3v) is 8.98. The minimum atomic E-state index is -4.46. The normalized spacial score (nSPS) is 11.6. The highest BCUT2D eigenvalue weighted by molar-refractivity contribution is 6.33. The molecule has 8 rings (SSSR count). The predicted molar refractivity (Wildman–Crippen MR) is 208 cm³/mol. The van der Waals surface area contributed by atoms with Crippen LogP contribution in [-0.4, -0.2) is 61.2 Å². The predicted octanol–water partition coefficient (Wildman–Crippen LogP) is 10.0. The maximum absolute atomic E-state index is 13.1. The zero-order chi connectivity index (χ0) is 41.9. The van der Waals surface area contributed by atoms with Crippen molar-refractivity contribution in [2.45, 2.75) is 18.9 Å². The van der Waals surface area contributed by atoms with E-state index in [0.717, 1.165) is 35.6 Å². The summed E-state index contributed by atoms with van der Waals surface area (Å²) in [5, 5.41) is 14.4. The van der Waals surface area contributed by atoms with Gasteiger partial charge in [0.1, 0.15) is 27.8 Å². The molecule has 0 bridgehead atoms. The molecule has 59 heavy (non-hydrogen) atoms. The molecule has 0 atom stereocenters. The zero-order valence-electron chi connectivity index (χ0n) is 31.0. The van der Waals surface area contributed by atoms with Crippen molar-refractivity contribution in [3.63, 3.8) is 0 Å². The number of benzene rings is 4. The summed E-state index contributed by atoms with van der Waals surface area (Å²) in [6.07, 6.45) is -5.75. The molecule has 0 aliphatic heterocycles. The van der Waals surface area contributed by atoms with E-state index in [1.165, 1.54) is 44.7 Å². The van der Waals surface area contributed by atoms with Gasteiger partial charge in [-0.15, -0.1) is 0 Å². The fourth-order valence-electron chi connectivity index (χ4n) is 5.83. The van der Waals surface area contributed by atoms with Gasteiger partial charge in [-0.25, -0.2) is 19.9 Å². The number of ether oxygens (including phenoxy) is 3. The molecule has 4 aromatic heterocycles. The monoisotopic (exact) mass is 833 g/mol. The van der Waals surface area contributed by atoms with Crippen LogP contribution in [0.5, 0.6) is 17.2 Å². The minimum Gasteiger partial charge on any atom is -0.497 e. The number of alkyl halides is 6. The van der Waals surface area contributed by atoms with Gasteiger partial charge >= 0.3 is 12.4 Å². The number of nitrogens with one attached hydrogen (secondary N) is 2. The summed E-state index contributed by atoms with van der Waals surface area (Å²) in [6, 6.07) is 22.4. The first-order chi connectivity index (χ1) is 28.2. The highest BCUT2D eigenvalue weighted by Gasteiger charge is 2.32. The van der Waals surface area contributed by atoms with Gasteiger partial charge in [-0.2, -0.15) is 36.5 Å². The summed E-state index contributed by atoms with van der Waals surface area (Å²) < 4.78 is 95.6. The molecule has 19 heteroatoms. The third-order valence-electron chi connectivity index (χ3n) is 8.71. The lowest BCUT2D eigenvalue weighted by atomic mass is 10.1. The van der Waals surface area contributed by atoms with E-state index < -0.39 is 23.5 Å². The van der Waals surface area contributed by atoms with Crippen LogP contribution in [0.4, 0.5) is 37.8 Å². The first kappa shape index (κ1) is 40.3. The number of methoxy groups -OCH3 is 3. The molecule has 0 amide bonds. The van der Waals surface area contributed by atoms with Gasteiger partial charge in [-0.05, 0) is 54.1 Å². The van der Waals surface area contributed by atoms with E-state index in [9.17, 15) is 26.3 Å². The molecule has 302 valence electrons. The fraction of sp³-hybridized carbons (Fsp3) is 0.150. The standard InChI is InChI=1S/C20H14ClF3N4O.C20H16F3N5O2/c1-29-15-7-5-12(6-8-15)10-28-11-16-17(27-28)18(21)26-19(25-16)13-3-2-4-14(9-13)20(22,23)24;1-29-15-7-6-13(9-16(15)30-2)25-19-17-14(10-24-28-17)26-18(27-19)11-4-3-5-12(8-11)20(21,22)23/h2-9,11H,10H2,1H3;3-10H,1-2H3,(H,24,28)(H,25,26,27). The average molecular weight is 834 g/mol. The van der Waals surface area contributed by atoms with Crippen molar-refractivity contribution in [3.05, 3.63) is 125 Å². The SMILES string of the molecule is COc1ccc(Cn2cc3nc(-c4cccc(C(F)(F)F)c4)nc(Cl)c3n2)cc1.COc1ccc(Nc2nc(-c3cccc(C(F)(F)F)c3)nc3cn[nH]c23)cc1OC. The van der Waals surface area contributed by atoms with Crippen LogP contribution in [0, 0.1) is 0 Å². The van der Waals surface area contributed by atoms with E-state index in [1.807, 2.05) is 24.3 Å². The summed E-state index contributed by atoms with van der Waals surface area (Å²) in [5.74, 6) is 2.42. The number of halogens is 7. The molecular weight excluding hydrogens is 804 g/mol. The van der Waals surface area contributed by atoms with Crippen LogP contribution < -0.4 is 19.5 Å². The van der Waals surface area contributed by atoms with Gasteiger partial charge in [-0.3, -0.25) is 9.78 Å². The maximum Gasteiger partial charge on any atom is 0.416 e. The van der Waals surface area contributed by atoms with Gasteiger partial charge in [-0.1, -0.05) is 48.0 Å². The topological polar surface area (TPSA) is 138 Å².